The van der Waals surface area contributed by atoms with E-state index in [1.807, 2.05) is 12.3 Å². The summed E-state index contributed by atoms with van der Waals surface area (Å²) in [5.41, 5.74) is 7.40. The van der Waals surface area contributed by atoms with E-state index < -0.39 is 0 Å². The minimum absolute atomic E-state index is 0.270. The number of rotatable bonds is 2. The Labute approximate surface area is 83.4 Å². The van der Waals surface area contributed by atoms with Crippen molar-refractivity contribution in [3.8, 4) is 0 Å². The molecule has 4 nitrogen and oxygen atoms in total. The molecule has 2 rings (SSSR count). The lowest BCUT2D eigenvalue weighted by atomic mass is 10.1. The molecule has 0 aliphatic carbocycles. The first-order valence-electron chi connectivity index (χ1n) is 4.86. The lowest BCUT2D eigenvalue weighted by Crippen LogP contribution is -2.20. The smallest absolute Gasteiger partial charge is 0.0573 e. The van der Waals surface area contributed by atoms with Crippen molar-refractivity contribution < 1.29 is 5.11 Å². The Morgan fingerprint density at radius 1 is 1.57 bits per heavy atom. The van der Waals surface area contributed by atoms with Crippen molar-refractivity contribution in [3.05, 3.63) is 18.5 Å². The molecule has 4 heteroatoms. The van der Waals surface area contributed by atoms with Crippen LogP contribution in [-0.2, 0) is 0 Å². The molecular weight excluding hydrogens is 178 g/mol. The Hall–Kier alpha value is -1.29. The summed E-state index contributed by atoms with van der Waals surface area (Å²) in [5, 5.41) is 9.02. The molecule has 14 heavy (non-hydrogen) atoms. The Morgan fingerprint density at radius 3 is 3.07 bits per heavy atom. The molecule has 3 N–H and O–H groups in total. The summed E-state index contributed by atoms with van der Waals surface area (Å²) in [7, 11) is 0. The molecule has 1 aromatic rings. The molecule has 76 valence electrons. The van der Waals surface area contributed by atoms with Crippen LogP contribution in [0.4, 0.5) is 11.4 Å². The van der Waals surface area contributed by atoms with Crippen LogP contribution in [0.25, 0.3) is 0 Å². The predicted octanol–water partition coefficient (Wildman–Crippen LogP) is 0.482. The topological polar surface area (TPSA) is 62.4 Å². The van der Waals surface area contributed by atoms with Crippen molar-refractivity contribution in [3.63, 3.8) is 0 Å². The van der Waals surface area contributed by atoms with Crippen molar-refractivity contribution >= 4 is 11.4 Å². The summed E-state index contributed by atoms with van der Waals surface area (Å²) in [4.78, 5) is 6.26. The van der Waals surface area contributed by atoms with E-state index in [0.717, 1.165) is 25.2 Å². The van der Waals surface area contributed by atoms with Crippen LogP contribution >= 0.6 is 0 Å². The molecule has 1 fully saturated rings. The summed E-state index contributed by atoms with van der Waals surface area (Å²) in [5.74, 6) is 0.399. The fourth-order valence-corrected chi connectivity index (χ4v) is 1.83. The molecule has 1 saturated heterocycles. The van der Waals surface area contributed by atoms with Gasteiger partial charge in [0.15, 0.2) is 0 Å². The van der Waals surface area contributed by atoms with E-state index in [0.29, 0.717) is 11.6 Å². The maximum Gasteiger partial charge on any atom is 0.0573 e. The first kappa shape index (κ1) is 9.27. The first-order valence-corrected chi connectivity index (χ1v) is 4.86. The molecule has 1 atom stereocenters. The maximum atomic E-state index is 9.02. The third-order valence-corrected chi connectivity index (χ3v) is 2.65. The molecule has 0 radical (unpaired) electrons. The van der Waals surface area contributed by atoms with Gasteiger partial charge in [-0.2, -0.15) is 0 Å². The zero-order valence-electron chi connectivity index (χ0n) is 8.06. The van der Waals surface area contributed by atoms with Gasteiger partial charge in [0.2, 0.25) is 0 Å². The van der Waals surface area contributed by atoms with E-state index in [2.05, 4.69) is 9.88 Å². The van der Waals surface area contributed by atoms with E-state index in [9.17, 15) is 0 Å². The van der Waals surface area contributed by atoms with Crippen molar-refractivity contribution in [1.29, 1.82) is 0 Å². The van der Waals surface area contributed by atoms with Crippen molar-refractivity contribution in [1.82, 2.24) is 4.98 Å². The highest BCUT2D eigenvalue weighted by molar-refractivity contribution is 5.53. The van der Waals surface area contributed by atoms with Crippen molar-refractivity contribution in [2.24, 2.45) is 5.92 Å². The minimum Gasteiger partial charge on any atom is -0.397 e. The Morgan fingerprint density at radius 2 is 2.43 bits per heavy atom. The zero-order valence-corrected chi connectivity index (χ0v) is 8.06. The Kier molecular flexibility index (Phi) is 2.54. The largest absolute Gasteiger partial charge is 0.397 e. The summed E-state index contributed by atoms with van der Waals surface area (Å²) in [6.45, 7) is 2.16. The lowest BCUT2D eigenvalue weighted by molar-refractivity contribution is 0.238. The highest BCUT2D eigenvalue weighted by Gasteiger charge is 2.21. The van der Waals surface area contributed by atoms with Crippen LogP contribution in [0.1, 0.15) is 6.42 Å². The van der Waals surface area contributed by atoms with E-state index >= 15 is 0 Å². The van der Waals surface area contributed by atoms with Crippen LogP contribution in [0.3, 0.4) is 0 Å². The molecule has 0 saturated carbocycles. The van der Waals surface area contributed by atoms with Crippen LogP contribution in [0.15, 0.2) is 18.5 Å². The number of aliphatic hydroxyl groups is 1. The quantitative estimate of drug-likeness (QED) is 0.717. The molecule has 1 aliphatic rings. The number of aromatic nitrogens is 1. The molecular formula is C10H15N3O. The molecule has 0 spiro atoms. The predicted molar refractivity (Wildman–Crippen MR) is 56.1 cm³/mol. The zero-order chi connectivity index (χ0) is 9.97. The van der Waals surface area contributed by atoms with Crippen molar-refractivity contribution in [2.45, 2.75) is 6.42 Å². The van der Waals surface area contributed by atoms with E-state index in [1.54, 1.807) is 6.20 Å². The number of hydrogen-bond acceptors (Lipinski definition) is 4. The van der Waals surface area contributed by atoms with Gasteiger partial charge >= 0.3 is 0 Å². The SMILES string of the molecule is Nc1cncc(N2CCC(CO)C2)c1. The lowest BCUT2D eigenvalue weighted by Gasteiger charge is -2.17. The average Bonchev–Trinajstić information content (AvgIpc) is 2.66. The normalized spacial score (nSPS) is 21.5. The number of nitrogens with zero attached hydrogens (tertiary/aromatic N) is 2. The molecule has 0 amide bonds. The van der Waals surface area contributed by atoms with Gasteiger partial charge in [-0.25, -0.2) is 0 Å². The van der Waals surface area contributed by atoms with E-state index in [1.165, 1.54) is 0 Å². The van der Waals surface area contributed by atoms with Gasteiger partial charge in [0.1, 0.15) is 0 Å². The number of aliphatic hydroxyl groups excluding tert-OH is 1. The second-order valence-corrected chi connectivity index (χ2v) is 3.76. The van der Waals surface area contributed by atoms with Gasteiger partial charge in [-0.1, -0.05) is 0 Å². The second kappa shape index (κ2) is 3.84. The van der Waals surface area contributed by atoms with Gasteiger partial charge in [-0.05, 0) is 12.5 Å². The van der Waals surface area contributed by atoms with Crippen LogP contribution in [-0.4, -0.2) is 29.8 Å². The Bertz CT molecular complexity index is 316. The molecule has 1 aromatic heterocycles. The van der Waals surface area contributed by atoms with Gasteiger partial charge < -0.3 is 15.7 Å². The second-order valence-electron chi connectivity index (χ2n) is 3.76. The van der Waals surface area contributed by atoms with Gasteiger partial charge in [0, 0.05) is 31.8 Å². The number of anilines is 2. The fourth-order valence-electron chi connectivity index (χ4n) is 1.83. The maximum absolute atomic E-state index is 9.02. The summed E-state index contributed by atoms with van der Waals surface area (Å²) in [6.07, 6.45) is 4.50. The summed E-state index contributed by atoms with van der Waals surface area (Å²) < 4.78 is 0. The van der Waals surface area contributed by atoms with Gasteiger partial charge in [-0.3, -0.25) is 4.98 Å². The number of nitrogens with two attached hydrogens (primary N) is 1. The Balaban J connectivity index is 2.09. The fraction of sp³-hybridized carbons (Fsp3) is 0.500. The standard InChI is InChI=1S/C10H15N3O/c11-9-3-10(5-12-4-9)13-2-1-8(6-13)7-14/h3-5,8,14H,1-2,6-7,11H2. The van der Waals surface area contributed by atoms with Gasteiger partial charge in [-0.15, -0.1) is 0 Å². The van der Waals surface area contributed by atoms with Gasteiger partial charge in [0.25, 0.3) is 0 Å². The monoisotopic (exact) mass is 193 g/mol. The highest BCUT2D eigenvalue weighted by Crippen LogP contribution is 2.23. The average molecular weight is 193 g/mol. The molecule has 1 aliphatic heterocycles. The first-order chi connectivity index (χ1) is 6.79. The molecule has 1 unspecified atom stereocenters. The van der Waals surface area contributed by atoms with Gasteiger partial charge in [0.05, 0.1) is 17.6 Å². The molecule has 0 aromatic carbocycles. The third kappa shape index (κ3) is 1.80. The summed E-state index contributed by atoms with van der Waals surface area (Å²) in [6, 6.07) is 1.92. The number of nitrogen functional groups attached to an aromatic ring is 1. The van der Waals surface area contributed by atoms with Crippen LogP contribution in [0, 0.1) is 5.92 Å². The van der Waals surface area contributed by atoms with Crippen LogP contribution in [0.5, 0.6) is 0 Å². The van der Waals surface area contributed by atoms with E-state index in [-0.39, 0.29) is 6.61 Å². The molecule has 0 bridgehead atoms. The highest BCUT2D eigenvalue weighted by atomic mass is 16.3. The number of pyridine rings is 1. The molecule has 2 heterocycles. The third-order valence-electron chi connectivity index (χ3n) is 2.65. The van der Waals surface area contributed by atoms with Crippen LogP contribution in [0.2, 0.25) is 0 Å². The van der Waals surface area contributed by atoms with Crippen LogP contribution < -0.4 is 10.6 Å². The number of hydrogen-bond donors (Lipinski definition) is 2. The van der Waals surface area contributed by atoms with E-state index in [4.69, 9.17) is 10.8 Å². The minimum atomic E-state index is 0.270. The van der Waals surface area contributed by atoms with Crippen molar-refractivity contribution in [2.75, 3.05) is 30.3 Å². The summed E-state index contributed by atoms with van der Waals surface area (Å²) >= 11 is 0.